The second-order valence-corrected chi connectivity index (χ2v) is 6.58. The van der Waals surface area contributed by atoms with Crippen LogP contribution in [-0.2, 0) is 10.2 Å². The highest BCUT2D eigenvalue weighted by atomic mass is 32.2. The number of carboxylic acid groups (broad SMARTS) is 1. The Kier molecular flexibility index (Phi) is 3.48. The average Bonchev–Trinajstić information content (AvgIpc) is 2.17. The molecule has 92 valence electrons. The predicted octanol–water partition coefficient (Wildman–Crippen LogP) is 3.69. The zero-order valence-electron chi connectivity index (χ0n) is 10.3. The van der Waals surface area contributed by atoms with Gasteiger partial charge in [-0.15, -0.1) is 11.8 Å². The minimum absolute atomic E-state index is 0.554. The van der Waals surface area contributed by atoms with Gasteiger partial charge in [-0.3, -0.25) is 4.79 Å². The van der Waals surface area contributed by atoms with Crippen molar-refractivity contribution in [3.63, 3.8) is 0 Å². The number of hydrogen-bond acceptors (Lipinski definition) is 2. The Balaban J connectivity index is 2.20. The van der Waals surface area contributed by atoms with Crippen LogP contribution in [0.15, 0.2) is 29.2 Å². The van der Waals surface area contributed by atoms with Crippen molar-refractivity contribution in [1.82, 2.24) is 0 Å². The molecule has 17 heavy (non-hydrogen) atoms. The molecule has 1 aromatic carbocycles. The predicted molar refractivity (Wildman–Crippen MR) is 70.6 cm³/mol. The molecular formula is C14H18O2S. The Labute approximate surface area is 106 Å². The molecule has 1 aliphatic carbocycles. The van der Waals surface area contributed by atoms with Gasteiger partial charge in [0.25, 0.3) is 0 Å². The summed E-state index contributed by atoms with van der Waals surface area (Å²) in [4.78, 5) is 12.6. The second kappa shape index (κ2) is 4.73. The van der Waals surface area contributed by atoms with Crippen LogP contribution < -0.4 is 0 Å². The molecule has 0 heterocycles. The molecule has 1 N–H and O–H groups in total. The van der Waals surface area contributed by atoms with Gasteiger partial charge in [0.1, 0.15) is 0 Å². The monoisotopic (exact) mass is 250 g/mol. The maximum Gasteiger partial charge on any atom is 0.314 e. The van der Waals surface area contributed by atoms with Gasteiger partial charge in [-0.1, -0.05) is 32.4 Å². The van der Waals surface area contributed by atoms with Gasteiger partial charge in [0.05, 0.1) is 5.41 Å². The van der Waals surface area contributed by atoms with E-state index in [1.54, 1.807) is 11.8 Å². The summed E-state index contributed by atoms with van der Waals surface area (Å²) in [6, 6.07) is 8.06. The number of hydrogen-bond donors (Lipinski definition) is 1. The van der Waals surface area contributed by atoms with Gasteiger partial charge in [-0.2, -0.15) is 0 Å². The molecule has 0 unspecified atom stereocenters. The lowest BCUT2D eigenvalue weighted by Gasteiger charge is -2.38. The van der Waals surface area contributed by atoms with Crippen LogP contribution in [0, 0.1) is 0 Å². The molecule has 0 atom stereocenters. The van der Waals surface area contributed by atoms with Gasteiger partial charge in [0.2, 0.25) is 0 Å². The summed E-state index contributed by atoms with van der Waals surface area (Å²) in [5, 5.41) is 9.90. The van der Waals surface area contributed by atoms with Crippen LogP contribution in [0.5, 0.6) is 0 Å². The van der Waals surface area contributed by atoms with E-state index < -0.39 is 11.4 Å². The number of thioether (sulfide) groups is 1. The lowest BCUT2D eigenvalue weighted by molar-refractivity contribution is -0.147. The number of rotatable bonds is 4. The van der Waals surface area contributed by atoms with E-state index in [0.29, 0.717) is 5.25 Å². The third-order valence-electron chi connectivity index (χ3n) is 3.40. The highest BCUT2D eigenvalue weighted by molar-refractivity contribution is 7.99. The van der Waals surface area contributed by atoms with Crippen molar-refractivity contribution >= 4 is 17.7 Å². The molecule has 1 aromatic rings. The van der Waals surface area contributed by atoms with Crippen molar-refractivity contribution in [2.75, 3.05) is 0 Å². The normalized spacial score (nSPS) is 17.8. The van der Waals surface area contributed by atoms with Crippen LogP contribution >= 0.6 is 11.8 Å². The quantitative estimate of drug-likeness (QED) is 0.828. The highest BCUT2D eigenvalue weighted by Gasteiger charge is 2.45. The maximum absolute atomic E-state index is 11.4. The van der Waals surface area contributed by atoms with Crippen molar-refractivity contribution in [3.05, 3.63) is 29.8 Å². The fourth-order valence-corrected chi connectivity index (χ4v) is 3.12. The fourth-order valence-electron chi connectivity index (χ4n) is 2.28. The SMILES string of the molecule is CC(C)Sc1ccc(C2(C(=O)O)CCC2)cc1. The van der Waals surface area contributed by atoms with Crippen molar-refractivity contribution in [2.24, 2.45) is 0 Å². The lowest BCUT2D eigenvalue weighted by Crippen LogP contribution is -2.42. The Bertz CT molecular complexity index is 405. The van der Waals surface area contributed by atoms with Crippen LogP contribution in [0.1, 0.15) is 38.7 Å². The van der Waals surface area contributed by atoms with E-state index in [2.05, 4.69) is 13.8 Å². The molecule has 2 rings (SSSR count). The molecule has 2 nitrogen and oxygen atoms in total. The zero-order chi connectivity index (χ0) is 12.5. The summed E-state index contributed by atoms with van der Waals surface area (Å²) in [6.45, 7) is 4.31. The fraction of sp³-hybridized carbons (Fsp3) is 0.500. The van der Waals surface area contributed by atoms with Crippen molar-refractivity contribution in [3.8, 4) is 0 Å². The first-order valence-corrected chi connectivity index (χ1v) is 6.93. The average molecular weight is 250 g/mol. The standard InChI is InChI=1S/C14H18O2S/c1-10(2)17-12-6-4-11(5-7-12)14(13(15)16)8-3-9-14/h4-7,10H,3,8-9H2,1-2H3,(H,15,16). The summed E-state index contributed by atoms with van der Waals surface area (Å²) >= 11 is 1.80. The van der Waals surface area contributed by atoms with Crippen LogP contribution in [0.3, 0.4) is 0 Å². The highest BCUT2D eigenvalue weighted by Crippen LogP contribution is 2.44. The van der Waals surface area contributed by atoms with Crippen molar-refractivity contribution < 1.29 is 9.90 Å². The molecule has 0 amide bonds. The molecule has 0 saturated heterocycles. The first-order chi connectivity index (χ1) is 8.04. The molecule has 3 heteroatoms. The summed E-state index contributed by atoms with van der Waals surface area (Å²) < 4.78 is 0. The molecule has 1 saturated carbocycles. The minimum Gasteiger partial charge on any atom is -0.481 e. The van der Waals surface area contributed by atoms with Gasteiger partial charge < -0.3 is 5.11 Å². The molecule has 0 aliphatic heterocycles. The maximum atomic E-state index is 11.4. The Morgan fingerprint density at radius 3 is 2.24 bits per heavy atom. The lowest BCUT2D eigenvalue weighted by atomic mass is 9.64. The molecule has 0 bridgehead atoms. The summed E-state index contributed by atoms with van der Waals surface area (Å²) in [6.07, 6.45) is 2.58. The molecule has 0 radical (unpaired) electrons. The van der Waals surface area contributed by atoms with E-state index in [1.807, 2.05) is 24.3 Å². The molecule has 1 aliphatic rings. The van der Waals surface area contributed by atoms with Crippen molar-refractivity contribution in [1.29, 1.82) is 0 Å². The van der Waals surface area contributed by atoms with Gasteiger partial charge in [0.15, 0.2) is 0 Å². The molecule has 0 aromatic heterocycles. The number of carbonyl (C=O) groups is 1. The van der Waals surface area contributed by atoms with E-state index in [0.717, 1.165) is 24.8 Å². The van der Waals surface area contributed by atoms with Gasteiger partial charge in [-0.05, 0) is 30.5 Å². The van der Waals surface area contributed by atoms with E-state index >= 15 is 0 Å². The summed E-state index contributed by atoms with van der Waals surface area (Å²) in [5.41, 5.74) is 0.366. The smallest absolute Gasteiger partial charge is 0.314 e. The van der Waals surface area contributed by atoms with Crippen molar-refractivity contribution in [2.45, 2.75) is 48.7 Å². The number of benzene rings is 1. The third-order valence-corrected chi connectivity index (χ3v) is 4.41. The Morgan fingerprint density at radius 1 is 1.29 bits per heavy atom. The van der Waals surface area contributed by atoms with E-state index in [-0.39, 0.29) is 0 Å². The Morgan fingerprint density at radius 2 is 1.88 bits per heavy atom. The van der Waals surface area contributed by atoms with Crippen LogP contribution in [-0.4, -0.2) is 16.3 Å². The van der Waals surface area contributed by atoms with Gasteiger partial charge in [0, 0.05) is 10.1 Å². The number of aliphatic carboxylic acids is 1. The third kappa shape index (κ3) is 2.34. The van der Waals surface area contributed by atoms with E-state index in [4.69, 9.17) is 0 Å². The first-order valence-electron chi connectivity index (χ1n) is 6.05. The largest absolute Gasteiger partial charge is 0.481 e. The Hall–Kier alpha value is -0.960. The second-order valence-electron chi connectivity index (χ2n) is 4.93. The molecule has 0 spiro atoms. The summed E-state index contributed by atoms with van der Waals surface area (Å²) in [7, 11) is 0. The van der Waals surface area contributed by atoms with Crippen LogP contribution in [0.4, 0.5) is 0 Å². The minimum atomic E-state index is -0.673. The zero-order valence-corrected chi connectivity index (χ0v) is 11.1. The van der Waals surface area contributed by atoms with Crippen LogP contribution in [0.25, 0.3) is 0 Å². The number of carboxylic acids is 1. The molecule has 1 fully saturated rings. The summed E-state index contributed by atoms with van der Waals surface area (Å²) in [5.74, 6) is -0.673. The van der Waals surface area contributed by atoms with E-state index in [1.165, 1.54) is 4.90 Å². The van der Waals surface area contributed by atoms with E-state index in [9.17, 15) is 9.90 Å². The van der Waals surface area contributed by atoms with Gasteiger partial charge >= 0.3 is 5.97 Å². The topological polar surface area (TPSA) is 37.3 Å². The first kappa shape index (κ1) is 12.5. The van der Waals surface area contributed by atoms with Gasteiger partial charge in [-0.25, -0.2) is 0 Å². The van der Waals surface area contributed by atoms with Crippen LogP contribution in [0.2, 0.25) is 0 Å². The molecular weight excluding hydrogens is 232 g/mol.